The summed E-state index contributed by atoms with van der Waals surface area (Å²) in [5.74, 6) is 1.17. The Morgan fingerprint density at radius 1 is 1.40 bits per heavy atom. The lowest BCUT2D eigenvalue weighted by molar-refractivity contribution is -0.116. The number of ether oxygens (including phenoxy) is 1. The number of hydrogen-bond donors (Lipinski definition) is 1. The molecule has 25 heavy (non-hydrogen) atoms. The second-order valence-corrected chi connectivity index (χ2v) is 6.91. The summed E-state index contributed by atoms with van der Waals surface area (Å²) in [5.41, 5.74) is 1.98. The summed E-state index contributed by atoms with van der Waals surface area (Å²) in [6, 6.07) is 7.15. The highest BCUT2D eigenvalue weighted by molar-refractivity contribution is 7.99. The van der Waals surface area contributed by atoms with Crippen LogP contribution in [-0.4, -0.2) is 27.8 Å². The van der Waals surface area contributed by atoms with Gasteiger partial charge in [-0.05, 0) is 32.9 Å². The maximum atomic E-state index is 12.5. The third kappa shape index (κ3) is 3.56. The Morgan fingerprint density at radius 2 is 2.16 bits per heavy atom. The van der Waals surface area contributed by atoms with Gasteiger partial charge >= 0.3 is 0 Å². The van der Waals surface area contributed by atoms with E-state index in [0.717, 1.165) is 5.69 Å². The number of aryl methyl sites for hydroxylation is 1. The summed E-state index contributed by atoms with van der Waals surface area (Å²) in [6.07, 6.45) is 0.227. The average Bonchev–Trinajstić information content (AvgIpc) is 2.97. The molecule has 7 heteroatoms. The number of hydrogen-bond acceptors (Lipinski definition) is 5. The highest BCUT2D eigenvalue weighted by Crippen LogP contribution is 2.33. The van der Waals surface area contributed by atoms with Gasteiger partial charge < -0.3 is 10.1 Å². The molecule has 0 spiro atoms. The van der Waals surface area contributed by atoms with Crippen molar-refractivity contribution in [1.82, 2.24) is 9.55 Å². The third-order valence-electron chi connectivity index (χ3n) is 4.20. The number of rotatable bonds is 5. The number of nitrogens with zero attached hydrogens (tertiary/aromatic N) is 2. The van der Waals surface area contributed by atoms with Crippen LogP contribution in [0.15, 0.2) is 34.2 Å². The van der Waals surface area contributed by atoms with Crippen molar-refractivity contribution in [3.63, 3.8) is 0 Å². The van der Waals surface area contributed by atoms with Crippen LogP contribution >= 0.6 is 11.8 Å². The topological polar surface area (TPSA) is 73.2 Å². The molecule has 0 saturated heterocycles. The number of anilines is 1. The summed E-state index contributed by atoms with van der Waals surface area (Å²) >= 11 is 1.52. The van der Waals surface area contributed by atoms with Gasteiger partial charge in [-0.15, -0.1) is 0 Å². The molecule has 0 radical (unpaired) electrons. The van der Waals surface area contributed by atoms with E-state index in [2.05, 4.69) is 10.3 Å². The predicted molar refractivity (Wildman–Crippen MR) is 98.6 cm³/mol. The monoisotopic (exact) mass is 359 g/mol. The van der Waals surface area contributed by atoms with E-state index in [9.17, 15) is 9.59 Å². The van der Waals surface area contributed by atoms with Gasteiger partial charge in [0.1, 0.15) is 5.75 Å². The summed E-state index contributed by atoms with van der Waals surface area (Å²) in [4.78, 5) is 29.5. The number of benzene rings is 1. The molecule has 1 aromatic heterocycles. The normalized spacial score (nSPS) is 15.7. The predicted octanol–water partition coefficient (Wildman–Crippen LogP) is 2.93. The Balaban J connectivity index is 1.77. The van der Waals surface area contributed by atoms with Crippen molar-refractivity contribution in [3.8, 4) is 5.75 Å². The number of amides is 1. The second-order valence-electron chi connectivity index (χ2n) is 5.93. The second kappa shape index (κ2) is 7.31. The van der Waals surface area contributed by atoms with Gasteiger partial charge in [-0.2, -0.15) is 0 Å². The van der Waals surface area contributed by atoms with Crippen LogP contribution in [0.5, 0.6) is 5.75 Å². The number of fused-ring (bicyclic) bond motifs is 1. The van der Waals surface area contributed by atoms with Crippen LogP contribution in [0.2, 0.25) is 0 Å². The SMILES string of the molecule is CCOc1ccccc1NC(=O)CC1CSc2nc(C)c(C)c(=O)n21. The smallest absolute Gasteiger partial charge is 0.257 e. The van der Waals surface area contributed by atoms with E-state index in [4.69, 9.17) is 4.74 Å². The lowest BCUT2D eigenvalue weighted by Gasteiger charge is -2.15. The van der Waals surface area contributed by atoms with Crippen molar-refractivity contribution in [1.29, 1.82) is 0 Å². The first-order valence-corrected chi connectivity index (χ1v) is 9.24. The minimum Gasteiger partial charge on any atom is -0.492 e. The van der Waals surface area contributed by atoms with Crippen LogP contribution in [-0.2, 0) is 4.79 Å². The van der Waals surface area contributed by atoms with Gasteiger partial charge in [0.2, 0.25) is 5.91 Å². The van der Waals surface area contributed by atoms with Crippen LogP contribution in [0.25, 0.3) is 0 Å². The molecule has 1 amide bonds. The van der Waals surface area contributed by atoms with Gasteiger partial charge in [0.05, 0.1) is 18.3 Å². The van der Waals surface area contributed by atoms with E-state index in [0.29, 0.717) is 34.5 Å². The fraction of sp³-hybridized carbons (Fsp3) is 0.389. The van der Waals surface area contributed by atoms with Crippen LogP contribution in [0.1, 0.15) is 30.6 Å². The maximum Gasteiger partial charge on any atom is 0.257 e. The lowest BCUT2D eigenvalue weighted by atomic mass is 10.2. The Kier molecular flexibility index (Phi) is 5.13. The minimum atomic E-state index is -0.182. The Hall–Kier alpha value is -2.28. The zero-order chi connectivity index (χ0) is 18.0. The fourth-order valence-corrected chi connectivity index (χ4v) is 3.97. The standard InChI is InChI=1S/C18H21N3O3S/c1-4-24-15-8-6-5-7-14(15)20-16(22)9-13-10-25-18-19-12(3)11(2)17(23)21(13)18/h5-8,13H,4,9-10H2,1-3H3,(H,20,22). The molecule has 0 aliphatic carbocycles. The first-order valence-electron chi connectivity index (χ1n) is 8.25. The zero-order valence-corrected chi connectivity index (χ0v) is 15.4. The van der Waals surface area contributed by atoms with Crippen molar-refractivity contribution >= 4 is 23.4 Å². The van der Waals surface area contributed by atoms with Gasteiger partial charge in [-0.1, -0.05) is 23.9 Å². The quantitative estimate of drug-likeness (QED) is 0.831. The molecule has 0 fully saturated rings. The molecular weight excluding hydrogens is 338 g/mol. The molecule has 1 aliphatic rings. The van der Waals surface area contributed by atoms with Gasteiger partial charge in [0.25, 0.3) is 5.56 Å². The van der Waals surface area contributed by atoms with Gasteiger partial charge in [-0.3, -0.25) is 14.2 Å². The van der Waals surface area contributed by atoms with E-state index in [-0.39, 0.29) is 23.9 Å². The van der Waals surface area contributed by atoms with E-state index in [1.54, 1.807) is 11.5 Å². The molecule has 0 bridgehead atoms. The van der Waals surface area contributed by atoms with Gasteiger partial charge in [0, 0.05) is 23.4 Å². The zero-order valence-electron chi connectivity index (χ0n) is 14.5. The van der Waals surface area contributed by atoms with E-state index in [1.807, 2.05) is 38.1 Å². The van der Waals surface area contributed by atoms with Crippen molar-refractivity contribution in [3.05, 3.63) is 45.9 Å². The molecule has 2 heterocycles. The number of nitrogens with one attached hydrogen (secondary N) is 1. The van der Waals surface area contributed by atoms with Crippen molar-refractivity contribution in [2.45, 2.75) is 38.4 Å². The van der Waals surface area contributed by atoms with Crippen molar-refractivity contribution in [2.75, 3.05) is 17.7 Å². The van der Waals surface area contributed by atoms with Crippen LogP contribution in [0.4, 0.5) is 5.69 Å². The summed E-state index contributed by atoms with van der Waals surface area (Å²) in [6.45, 7) is 6.04. The Morgan fingerprint density at radius 3 is 2.92 bits per heavy atom. The highest BCUT2D eigenvalue weighted by Gasteiger charge is 2.28. The van der Waals surface area contributed by atoms with Crippen LogP contribution in [0.3, 0.4) is 0 Å². The molecule has 1 aromatic carbocycles. The first-order chi connectivity index (χ1) is 12.0. The Labute approximate surface area is 150 Å². The van der Waals surface area contributed by atoms with Crippen molar-refractivity contribution in [2.24, 2.45) is 0 Å². The number of carbonyl (C=O) groups excluding carboxylic acids is 1. The molecule has 6 nitrogen and oxygen atoms in total. The van der Waals surface area contributed by atoms with Crippen molar-refractivity contribution < 1.29 is 9.53 Å². The number of thioether (sulfide) groups is 1. The largest absolute Gasteiger partial charge is 0.492 e. The summed E-state index contributed by atoms with van der Waals surface area (Å²) < 4.78 is 7.18. The number of carbonyl (C=O) groups is 1. The molecule has 1 atom stereocenters. The fourth-order valence-electron chi connectivity index (χ4n) is 2.79. The molecule has 132 valence electrons. The molecular formula is C18H21N3O3S. The third-order valence-corrected chi connectivity index (χ3v) is 5.30. The Bertz CT molecular complexity index is 863. The van der Waals surface area contributed by atoms with Gasteiger partial charge in [0.15, 0.2) is 5.16 Å². The van der Waals surface area contributed by atoms with E-state index in [1.165, 1.54) is 11.8 Å². The molecule has 3 rings (SSSR count). The summed E-state index contributed by atoms with van der Waals surface area (Å²) in [7, 11) is 0. The van der Waals surface area contributed by atoms with E-state index >= 15 is 0 Å². The van der Waals surface area contributed by atoms with Crippen LogP contribution < -0.4 is 15.6 Å². The average molecular weight is 359 g/mol. The minimum absolute atomic E-state index is 0.0555. The molecule has 1 unspecified atom stereocenters. The number of aromatic nitrogens is 2. The number of para-hydroxylation sites is 2. The molecule has 0 saturated carbocycles. The lowest BCUT2D eigenvalue weighted by Crippen LogP contribution is -2.29. The van der Waals surface area contributed by atoms with Gasteiger partial charge in [-0.25, -0.2) is 4.98 Å². The molecule has 1 aliphatic heterocycles. The van der Waals surface area contributed by atoms with E-state index < -0.39 is 0 Å². The first kappa shape index (κ1) is 17.5. The molecule has 2 aromatic rings. The summed E-state index contributed by atoms with van der Waals surface area (Å²) in [5, 5.41) is 3.58. The maximum absolute atomic E-state index is 12.5. The highest BCUT2D eigenvalue weighted by atomic mass is 32.2. The molecule has 1 N–H and O–H groups in total. The van der Waals surface area contributed by atoms with Crippen LogP contribution in [0, 0.1) is 13.8 Å².